The zero-order valence-electron chi connectivity index (χ0n) is 16.6. The number of fused-ring (bicyclic) bond motifs is 1. The molecular formula is C20H22N4O5S. The summed E-state index contributed by atoms with van der Waals surface area (Å²) in [5.41, 5.74) is 2.03. The summed E-state index contributed by atoms with van der Waals surface area (Å²) in [6.07, 6.45) is 0.318. The van der Waals surface area contributed by atoms with Crippen molar-refractivity contribution >= 4 is 39.1 Å². The van der Waals surface area contributed by atoms with Gasteiger partial charge in [-0.1, -0.05) is 12.1 Å². The molecule has 0 aromatic heterocycles. The van der Waals surface area contributed by atoms with Crippen LogP contribution in [0.3, 0.4) is 0 Å². The van der Waals surface area contributed by atoms with E-state index in [-0.39, 0.29) is 28.8 Å². The monoisotopic (exact) mass is 430 g/mol. The Morgan fingerprint density at radius 2 is 1.83 bits per heavy atom. The van der Waals surface area contributed by atoms with E-state index in [1.807, 2.05) is 16.7 Å². The number of hydrogen-bond donors (Lipinski definition) is 3. The largest absolute Gasteiger partial charge is 0.372 e. The Hall–Kier alpha value is -3.40. The van der Waals surface area contributed by atoms with Gasteiger partial charge in [0.15, 0.2) is 0 Å². The number of carbonyl (C=O) groups is 3. The van der Waals surface area contributed by atoms with Gasteiger partial charge in [0.05, 0.1) is 16.3 Å². The van der Waals surface area contributed by atoms with Crippen molar-refractivity contribution in [2.45, 2.75) is 24.8 Å². The maximum Gasteiger partial charge on any atom is 0.265 e. The minimum Gasteiger partial charge on any atom is -0.372 e. The van der Waals surface area contributed by atoms with Crippen LogP contribution in [0.2, 0.25) is 0 Å². The summed E-state index contributed by atoms with van der Waals surface area (Å²) in [7, 11) is -2.26. The molecule has 2 aromatic rings. The number of amides is 3. The van der Waals surface area contributed by atoms with Crippen molar-refractivity contribution in [2.24, 2.45) is 0 Å². The molecule has 0 bridgehead atoms. The first-order valence-corrected chi connectivity index (χ1v) is 10.7. The maximum atomic E-state index is 12.6. The fraction of sp³-hybridized carbons (Fsp3) is 0.250. The summed E-state index contributed by atoms with van der Waals surface area (Å²) in [5.74, 6) is -1.17. The quantitative estimate of drug-likeness (QED) is 0.655. The van der Waals surface area contributed by atoms with E-state index >= 15 is 0 Å². The van der Waals surface area contributed by atoms with Gasteiger partial charge >= 0.3 is 0 Å². The van der Waals surface area contributed by atoms with Gasteiger partial charge in [-0.25, -0.2) is 13.1 Å². The molecule has 2 aromatic carbocycles. The highest BCUT2D eigenvalue weighted by Gasteiger charge is 2.22. The molecule has 3 rings (SSSR count). The van der Waals surface area contributed by atoms with E-state index < -0.39 is 15.9 Å². The normalized spacial score (nSPS) is 13.7. The Labute approximate surface area is 174 Å². The molecule has 0 radical (unpaired) electrons. The molecule has 1 aliphatic rings. The summed E-state index contributed by atoms with van der Waals surface area (Å²) in [6, 6.07) is 10.5. The van der Waals surface area contributed by atoms with Crippen LogP contribution < -0.4 is 20.3 Å². The molecule has 0 atom stereocenters. The standard InChI is InChI=1S/C20H22N4O5S/c1-13(25)21-12-14-3-6-16(7-4-14)30(28,29)23-20(27)15-5-8-18-17(11-15)22-19(26)9-10-24(18)2/h3-8,11H,9-10,12H2,1-2H3,(H,21,25)(H,22,26)(H,23,27). The lowest BCUT2D eigenvalue weighted by Gasteiger charge is -2.18. The lowest BCUT2D eigenvalue weighted by Crippen LogP contribution is -2.30. The molecule has 0 fully saturated rings. The average Bonchev–Trinajstić information content (AvgIpc) is 2.84. The van der Waals surface area contributed by atoms with Crippen LogP contribution in [0.15, 0.2) is 47.4 Å². The molecule has 158 valence electrons. The molecule has 0 aliphatic carbocycles. The number of nitrogens with zero attached hydrogens (tertiary/aromatic N) is 1. The average molecular weight is 430 g/mol. The fourth-order valence-corrected chi connectivity index (χ4v) is 3.94. The zero-order chi connectivity index (χ0) is 21.9. The number of hydrogen-bond acceptors (Lipinski definition) is 6. The number of benzene rings is 2. The highest BCUT2D eigenvalue weighted by atomic mass is 32.2. The molecule has 0 saturated heterocycles. The second kappa shape index (κ2) is 8.54. The van der Waals surface area contributed by atoms with Crippen molar-refractivity contribution in [2.75, 3.05) is 23.8 Å². The molecule has 1 aliphatic heterocycles. The number of anilines is 2. The minimum absolute atomic E-state index is 0.0785. The van der Waals surface area contributed by atoms with E-state index in [0.29, 0.717) is 18.7 Å². The van der Waals surface area contributed by atoms with Crippen molar-refractivity contribution in [1.82, 2.24) is 10.0 Å². The van der Waals surface area contributed by atoms with E-state index in [0.717, 1.165) is 11.3 Å². The van der Waals surface area contributed by atoms with Gasteiger partial charge in [-0.05, 0) is 35.9 Å². The summed E-state index contributed by atoms with van der Waals surface area (Å²) < 4.78 is 27.2. The molecule has 3 amide bonds. The highest BCUT2D eigenvalue weighted by molar-refractivity contribution is 7.90. The van der Waals surface area contributed by atoms with Gasteiger partial charge in [0.25, 0.3) is 15.9 Å². The van der Waals surface area contributed by atoms with Crippen molar-refractivity contribution in [3.05, 3.63) is 53.6 Å². The van der Waals surface area contributed by atoms with Gasteiger partial charge in [-0.15, -0.1) is 0 Å². The molecule has 10 heteroatoms. The third-order valence-corrected chi connectivity index (χ3v) is 5.97. The Kier molecular flexibility index (Phi) is 6.06. The van der Waals surface area contributed by atoms with Gasteiger partial charge in [0, 0.05) is 39.0 Å². The van der Waals surface area contributed by atoms with E-state index in [9.17, 15) is 22.8 Å². The third kappa shape index (κ3) is 4.95. The SMILES string of the molecule is CC(=O)NCc1ccc(S(=O)(=O)NC(=O)c2ccc3c(c2)NC(=O)CCN3C)cc1. The Morgan fingerprint density at radius 3 is 2.50 bits per heavy atom. The van der Waals surface area contributed by atoms with Crippen molar-refractivity contribution in [3.8, 4) is 0 Å². The fourth-order valence-electron chi connectivity index (χ4n) is 2.97. The van der Waals surface area contributed by atoms with Gasteiger partial charge in [-0.3, -0.25) is 14.4 Å². The predicted octanol–water partition coefficient (Wildman–Crippen LogP) is 1.22. The van der Waals surface area contributed by atoms with Crippen LogP contribution in [-0.4, -0.2) is 39.7 Å². The second-order valence-corrected chi connectivity index (χ2v) is 8.62. The molecule has 30 heavy (non-hydrogen) atoms. The number of rotatable bonds is 5. The first-order chi connectivity index (χ1) is 14.2. The van der Waals surface area contributed by atoms with E-state index in [1.165, 1.54) is 31.2 Å². The van der Waals surface area contributed by atoms with Crippen LogP contribution in [0.5, 0.6) is 0 Å². The lowest BCUT2D eigenvalue weighted by molar-refractivity contribution is -0.119. The highest BCUT2D eigenvalue weighted by Crippen LogP contribution is 2.29. The van der Waals surface area contributed by atoms with Crippen LogP contribution in [0.4, 0.5) is 11.4 Å². The Morgan fingerprint density at radius 1 is 1.13 bits per heavy atom. The molecule has 0 saturated carbocycles. The van der Waals surface area contributed by atoms with Crippen molar-refractivity contribution in [3.63, 3.8) is 0 Å². The van der Waals surface area contributed by atoms with Gasteiger partial charge < -0.3 is 15.5 Å². The van der Waals surface area contributed by atoms with Crippen LogP contribution in [-0.2, 0) is 26.2 Å². The third-order valence-electron chi connectivity index (χ3n) is 4.62. The topological polar surface area (TPSA) is 125 Å². The van der Waals surface area contributed by atoms with E-state index in [1.54, 1.807) is 18.2 Å². The summed E-state index contributed by atoms with van der Waals surface area (Å²) in [5, 5.41) is 5.35. The Balaban J connectivity index is 1.76. The minimum atomic E-state index is -4.09. The zero-order valence-corrected chi connectivity index (χ0v) is 17.4. The first-order valence-electron chi connectivity index (χ1n) is 9.21. The number of nitrogens with one attached hydrogen (secondary N) is 3. The van der Waals surface area contributed by atoms with Crippen molar-refractivity contribution < 1.29 is 22.8 Å². The molecule has 0 spiro atoms. The van der Waals surface area contributed by atoms with Crippen LogP contribution in [0, 0.1) is 0 Å². The molecule has 3 N–H and O–H groups in total. The van der Waals surface area contributed by atoms with Crippen LogP contribution in [0.25, 0.3) is 0 Å². The second-order valence-electron chi connectivity index (χ2n) is 6.94. The number of carbonyl (C=O) groups excluding carboxylic acids is 3. The number of sulfonamides is 1. The summed E-state index contributed by atoms with van der Waals surface area (Å²) >= 11 is 0. The van der Waals surface area contributed by atoms with Crippen LogP contribution >= 0.6 is 0 Å². The molecule has 1 heterocycles. The molecular weight excluding hydrogens is 408 g/mol. The van der Waals surface area contributed by atoms with Gasteiger partial charge in [0.1, 0.15) is 0 Å². The van der Waals surface area contributed by atoms with E-state index in [4.69, 9.17) is 0 Å². The summed E-state index contributed by atoms with van der Waals surface area (Å²) in [4.78, 5) is 37.2. The van der Waals surface area contributed by atoms with Gasteiger partial charge in [-0.2, -0.15) is 0 Å². The first kappa shape index (κ1) is 21.3. The Bertz CT molecular complexity index is 1100. The predicted molar refractivity (Wildman–Crippen MR) is 112 cm³/mol. The van der Waals surface area contributed by atoms with Crippen molar-refractivity contribution in [1.29, 1.82) is 0 Å². The van der Waals surface area contributed by atoms with Gasteiger partial charge in [0.2, 0.25) is 11.8 Å². The molecule has 0 unspecified atom stereocenters. The smallest absolute Gasteiger partial charge is 0.265 e. The summed E-state index contributed by atoms with van der Waals surface area (Å²) in [6.45, 7) is 2.20. The van der Waals surface area contributed by atoms with E-state index in [2.05, 4.69) is 10.6 Å². The van der Waals surface area contributed by atoms with Crippen LogP contribution in [0.1, 0.15) is 29.3 Å². The lowest BCUT2D eigenvalue weighted by atomic mass is 10.1. The maximum absolute atomic E-state index is 12.6. The molecule has 9 nitrogen and oxygen atoms in total.